The summed E-state index contributed by atoms with van der Waals surface area (Å²) in [7, 11) is 1.62. The number of benzene rings is 3. The lowest BCUT2D eigenvalue weighted by Gasteiger charge is -2.11. The van der Waals surface area contributed by atoms with E-state index in [1.807, 2.05) is 41.0 Å². The Bertz CT molecular complexity index is 1110. The third kappa shape index (κ3) is 4.36. The number of hydrogen-bond donors (Lipinski definition) is 0. The Morgan fingerprint density at radius 3 is 2.38 bits per heavy atom. The summed E-state index contributed by atoms with van der Waals surface area (Å²) in [5, 5.41) is 9.35. The van der Waals surface area contributed by atoms with Crippen molar-refractivity contribution in [2.75, 3.05) is 7.11 Å². The van der Waals surface area contributed by atoms with Gasteiger partial charge in [0.25, 0.3) is 0 Å². The quantitative estimate of drug-likeness (QED) is 0.318. The molecule has 0 aliphatic heterocycles. The van der Waals surface area contributed by atoms with Gasteiger partial charge in [0.2, 0.25) is 0 Å². The van der Waals surface area contributed by atoms with E-state index in [4.69, 9.17) is 4.74 Å². The summed E-state index contributed by atoms with van der Waals surface area (Å²) in [6, 6.07) is 22.3. The number of aromatic nitrogens is 3. The Balaban J connectivity index is 1.74. The van der Waals surface area contributed by atoms with Gasteiger partial charge >= 0.3 is 0 Å². The fourth-order valence-electron chi connectivity index (χ4n) is 2.87. The second-order valence-electron chi connectivity index (χ2n) is 6.23. The summed E-state index contributed by atoms with van der Waals surface area (Å²) in [6.07, 6.45) is 0. The van der Waals surface area contributed by atoms with Gasteiger partial charge in [-0.3, -0.25) is 4.57 Å². The molecule has 146 valence electrons. The van der Waals surface area contributed by atoms with Gasteiger partial charge in [-0.15, -0.1) is 10.2 Å². The maximum absolute atomic E-state index is 14.5. The molecule has 0 spiro atoms. The van der Waals surface area contributed by atoms with Gasteiger partial charge in [-0.25, -0.2) is 4.39 Å². The summed E-state index contributed by atoms with van der Waals surface area (Å²) in [6.45, 7) is 0. The summed E-state index contributed by atoms with van der Waals surface area (Å²) < 4.78 is 22.6. The highest BCUT2D eigenvalue weighted by atomic mass is 79.9. The Labute approximate surface area is 180 Å². The molecule has 0 radical (unpaired) electrons. The average Bonchev–Trinajstić information content (AvgIpc) is 3.17. The van der Waals surface area contributed by atoms with E-state index in [1.165, 1.54) is 6.07 Å². The van der Waals surface area contributed by atoms with E-state index < -0.39 is 0 Å². The van der Waals surface area contributed by atoms with Gasteiger partial charge in [0.1, 0.15) is 11.6 Å². The molecule has 0 saturated heterocycles. The van der Waals surface area contributed by atoms with E-state index in [-0.39, 0.29) is 5.82 Å². The second kappa shape index (κ2) is 8.80. The largest absolute Gasteiger partial charge is 0.497 e. The molecular formula is C22H17BrFN3OS. The molecule has 4 aromatic rings. The highest BCUT2D eigenvalue weighted by Crippen LogP contribution is 2.31. The normalized spacial score (nSPS) is 10.9. The minimum absolute atomic E-state index is 0.334. The molecular weight excluding hydrogens is 453 g/mol. The number of methoxy groups -OCH3 is 1. The minimum Gasteiger partial charge on any atom is -0.497 e. The first kappa shape index (κ1) is 19.7. The van der Waals surface area contributed by atoms with Crippen molar-refractivity contribution in [3.05, 3.63) is 88.6 Å². The van der Waals surface area contributed by atoms with Crippen LogP contribution in [0.5, 0.6) is 5.75 Å². The van der Waals surface area contributed by atoms with Gasteiger partial charge in [0.05, 0.1) is 18.4 Å². The van der Waals surface area contributed by atoms with Gasteiger partial charge in [0.15, 0.2) is 11.0 Å². The molecule has 4 nitrogen and oxygen atoms in total. The topological polar surface area (TPSA) is 39.9 Å². The third-order valence-electron chi connectivity index (χ3n) is 4.36. The smallest absolute Gasteiger partial charge is 0.196 e. The van der Waals surface area contributed by atoms with Gasteiger partial charge in [-0.2, -0.15) is 0 Å². The Morgan fingerprint density at radius 2 is 1.69 bits per heavy atom. The van der Waals surface area contributed by atoms with Crippen molar-refractivity contribution < 1.29 is 9.13 Å². The fourth-order valence-corrected chi connectivity index (χ4v) is 4.05. The van der Waals surface area contributed by atoms with Crippen LogP contribution in [0.1, 0.15) is 5.56 Å². The Morgan fingerprint density at radius 1 is 0.966 bits per heavy atom. The van der Waals surface area contributed by atoms with Crippen LogP contribution < -0.4 is 4.74 Å². The van der Waals surface area contributed by atoms with E-state index in [0.717, 1.165) is 27.2 Å². The second-order valence-corrected chi connectivity index (χ2v) is 8.09. The van der Waals surface area contributed by atoms with Gasteiger partial charge < -0.3 is 4.74 Å². The molecule has 0 bridgehead atoms. The zero-order valence-corrected chi connectivity index (χ0v) is 18.0. The molecule has 0 N–H and O–H groups in total. The number of thioether (sulfide) groups is 1. The number of hydrogen-bond acceptors (Lipinski definition) is 4. The average molecular weight is 470 g/mol. The van der Waals surface area contributed by atoms with Crippen molar-refractivity contribution in [1.82, 2.24) is 14.8 Å². The molecule has 29 heavy (non-hydrogen) atoms. The van der Waals surface area contributed by atoms with Crippen LogP contribution in [0.25, 0.3) is 17.1 Å². The van der Waals surface area contributed by atoms with Crippen molar-refractivity contribution in [3.8, 4) is 22.8 Å². The molecule has 1 aromatic heterocycles. The highest BCUT2D eigenvalue weighted by molar-refractivity contribution is 9.10. The fraction of sp³-hybridized carbons (Fsp3) is 0.0909. The molecule has 7 heteroatoms. The molecule has 0 unspecified atom stereocenters. The van der Waals surface area contributed by atoms with Crippen LogP contribution in [0.15, 0.2) is 82.4 Å². The van der Waals surface area contributed by atoms with E-state index >= 15 is 0 Å². The maximum atomic E-state index is 14.5. The van der Waals surface area contributed by atoms with Crippen LogP contribution in [0, 0.1) is 5.82 Å². The lowest BCUT2D eigenvalue weighted by Crippen LogP contribution is -2.01. The first-order valence-corrected chi connectivity index (χ1v) is 10.7. The SMILES string of the molecule is COc1ccc(-n2c(SCc3ccc(Br)cc3)nnc2-c2ccccc2F)cc1. The Hall–Kier alpha value is -2.64. The van der Waals surface area contributed by atoms with Crippen LogP contribution >= 0.6 is 27.7 Å². The molecule has 0 saturated carbocycles. The molecule has 0 atom stereocenters. The van der Waals surface area contributed by atoms with Crippen LogP contribution in [0.2, 0.25) is 0 Å². The molecule has 3 aromatic carbocycles. The molecule has 0 aliphatic rings. The predicted molar refractivity (Wildman–Crippen MR) is 117 cm³/mol. The first-order valence-electron chi connectivity index (χ1n) is 8.87. The van der Waals surface area contributed by atoms with Crippen LogP contribution in [-0.4, -0.2) is 21.9 Å². The van der Waals surface area contributed by atoms with Gasteiger partial charge in [0, 0.05) is 10.2 Å². The summed E-state index contributed by atoms with van der Waals surface area (Å²) in [4.78, 5) is 0. The monoisotopic (exact) mass is 469 g/mol. The Kier molecular flexibility index (Phi) is 5.97. The third-order valence-corrected chi connectivity index (χ3v) is 5.89. The van der Waals surface area contributed by atoms with Crippen molar-refractivity contribution in [1.29, 1.82) is 0 Å². The molecule has 1 heterocycles. The van der Waals surface area contributed by atoms with Gasteiger partial charge in [-0.05, 0) is 54.1 Å². The number of halogens is 2. The lowest BCUT2D eigenvalue weighted by molar-refractivity contribution is 0.414. The summed E-state index contributed by atoms with van der Waals surface area (Å²) >= 11 is 5.00. The number of nitrogens with zero attached hydrogens (tertiary/aromatic N) is 3. The van der Waals surface area contributed by atoms with Crippen LogP contribution in [0.4, 0.5) is 4.39 Å². The van der Waals surface area contributed by atoms with Crippen molar-refractivity contribution in [2.45, 2.75) is 10.9 Å². The minimum atomic E-state index is -0.334. The summed E-state index contributed by atoms with van der Waals surface area (Å²) in [5.74, 6) is 1.60. The van der Waals surface area contributed by atoms with E-state index in [2.05, 4.69) is 38.3 Å². The zero-order valence-electron chi connectivity index (χ0n) is 15.5. The number of ether oxygens (including phenoxy) is 1. The van der Waals surface area contributed by atoms with E-state index in [9.17, 15) is 4.39 Å². The van der Waals surface area contributed by atoms with Crippen molar-refractivity contribution in [3.63, 3.8) is 0 Å². The molecule has 4 rings (SSSR count). The van der Waals surface area contributed by atoms with Crippen molar-refractivity contribution in [2.24, 2.45) is 0 Å². The first-order chi connectivity index (χ1) is 14.2. The highest BCUT2D eigenvalue weighted by Gasteiger charge is 2.18. The predicted octanol–water partition coefficient (Wildman–Crippen LogP) is 6.14. The van der Waals surface area contributed by atoms with E-state index in [0.29, 0.717) is 16.5 Å². The zero-order chi connectivity index (χ0) is 20.2. The summed E-state index contributed by atoms with van der Waals surface area (Å²) in [5.41, 5.74) is 2.41. The van der Waals surface area contributed by atoms with Gasteiger partial charge in [-0.1, -0.05) is 52.0 Å². The standard InChI is InChI=1S/C22H17BrFN3OS/c1-28-18-12-10-17(11-13-18)27-21(19-4-2-3-5-20(19)24)25-26-22(27)29-14-15-6-8-16(23)9-7-15/h2-13H,14H2,1H3. The lowest BCUT2D eigenvalue weighted by atomic mass is 10.2. The van der Waals surface area contributed by atoms with Crippen molar-refractivity contribution >= 4 is 27.7 Å². The molecule has 0 aliphatic carbocycles. The van der Waals surface area contributed by atoms with Crippen LogP contribution in [0.3, 0.4) is 0 Å². The number of rotatable bonds is 6. The molecule has 0 fully saturated rings. The van der Waals surface area contributed by atoms with E-state index in [1.54, 1.807) is 37.1 Å². The maximum Gasteiger partial charge on any atom is 0.196 e. The molecule has 0 amide bonds. The van der Waals surface area contributed by atoms with Crippen LogP contribution in [-0.2, 0) is 5.75 Å².